The fourth-order valence-electron chi connectivity index (χ4n) is 2.57. The number of rotatable bonds is 4. The Morgan fingerprint density at radius 3 is 2.81 bits per heavy atom. The van der Waals surface area contributed by atoms with Crippen LogP contribution in [0, 0.1) is 19.3 Å². The number of furan rings is 1. The van der Waals surface area contributed by atoms with Gasteiger partial charge in [-0.15, -0.1) is 6.42 Å². The first-order valence-corrected chi connectivity index (χ1v) is 8.36. The summed E-state index contributed by atoms with van der Waals surface area (Å²) >= 11 is 0.796. The van der Waals surface area contributed by atoms with Crippen LogP contribution in [0.5, 0.6) is 0 Å². The number of carboxylic acids is 1. The summed E-state index contributed by atoms with van der Waals surface area (Å²) in [5.41, 5.74) is 1.41. The van der Waals surface area contributed by atoms with Crippen LogP contribution in [0.25, 0.3) is 17.4 Å². The molecule has 1 aliphatic heterocycles. The summed E-state index contributed by atoms with van der Waals surface area (Å²) in [5, 5.41) is 8.80. The van der Waals surface area contributed by atoms with Gasteiger partial charge in [-0.2, -0.15) is 0 Å². The quantitative estimate of drug-likeness (QED) is 0.656. The molecule has 1 aliphatic rings. The van der Waals surface area contributed by atoms with Crippen molar-refractivity contribution in [2.24, 2.45) is 0 Å². The van der Waals surface area contributed by atoms with Crippen molar-refractivity contribution in [3.05, 3.63) is 52.1 Å². The Morgan fingerprint density at radius 1 is 1.35 bits per heavy atom. The lowest BCUT2D eigenvalue weighted by molar-refractivity contribution is -0.122. The van der Waals surface area contributed by atoms with E-state index in [1.54, 1.807) is 31.2 Å². The molecule has 1 N–H and O–H groups in total. The zero-order valence-corrected chi connectivity index (χ0v) is 14.5. The van der Waals surface area contributed by atoms with Gasteiger partial charge in [-0.05, 0) is 42.4 Å². The van der Waals surface area contributed by atoms with Gasteiger partial charge in [0.15, 0.2) is 0 Å². The first-order chi connectivity index (χ1) is 12.4. The number of hydrogen-bond acceptors (Lipinski definition) is 5. The van der Waals surface area contributed by atoms with E-state index in [4.69, 9.17) is 10.8 Å². The molecule has 2 amide bonds. The highest BCUT2D eigenvalue weighted by molar-refractivity contribution is 8.18. The van der Waals surface area contributed by atoms with Crippen LogP contribution in [0.2, 0.25) is 0 Å². The lowest BCUT2D eigenvalue weighted by Crippen LogP contribution is -2.28. The van der Waals surface area contributed by atoms with Crippen LogP contribution in [0.15, 0.2) is 39.7 Å². The van der Waals surface area contributed by atoms with E-state index in [9.17, 15) is 19.5 Å². The molecule has 6 nitrogen and oxygen atoms in total. The lowest BCUT2D eigenvalue weighted by Gasteiger charge is -2.06. The number of nitrogens with zero attached hydrogens (tertiary/aromatic N) is 1. The first kappa shape index (κ1) is 17.6. The molecule has 0 spiro atoms. The minimum atomic E-state index is -1.02. The minimum absolute atomic E-state index is 0.0768. The number of carbonyl (C=O) groups is 3. The van der Waals surface area contributed by atoms with E-state index in [1.807, 2.05) is 0 Å². The number of carbonyl (C=O) groups excluding carboxylic acids is 2. The first-order valence-electron chi connectivity index (χ1n) is 7.54. The molecule has 1 aromatic carbocycles. The summed E-state index contributed by atoms with van der Waals surface area (Å²) in [7, 11) is 0. The van der Waals surface area contributed by atoms with Gasteiger partial charge >= 0.3 is 5.97 Å². The molecule has 2 aromatic rings. The molecule has 3 rings (SSSR count). The van der Waals surface area contributed by atoms with Crippen LogP contribution in [0.4, 0.5) is 4.79 Å². The van der Waals surface area contributed by atoms with Crippen molar-refractivity contribution >= 4 is 35.0 Å². The third-order valence-electron chi connectivity index (χ3n) is 3.85. The number of benzene rings is 1. The second-order valence-corrected chi connectivity index (χ2v) is 6.45. The number of hydrogen-bond donors (Lipinski definition) is 1. The van der Waals surface area contributed by atoms with Gasteiger partial charge < -0.3 is 9.52 Å². The van der Waals surface area contributed by atoms with E-state index in [0.29, 0.717) is 22.6 Å². The highest BCUT2D eigenvalue weighted by atomic mass is 32.2. The van der Waals surface area contributed by atoms with Crippen molar-refractivity contribution in [3.63, 3.8) is 0 Å². The summed E-state index contributed by atoms with van der Waals surface area (Å²) in [5.74, 6) is 1.65. The normalized spacial score (nSPS) is 15.5. The van der Waals surface area contributed by atoms with Crippen molar-refractivity contribution in [1.82, 2.24) is 4.90 Å². The maximum absolute atomic E-state index is 12.2. The SMILES string of the molecule is C#CCN1C(=O)SC(=Cc2ccc(-c3cccc(C(=O)O)c3C)o2)C1=O. The fraction of sp³-hybridized carbons (Fsp3) is 0.105. The van der Waals surface area contributed by atoms with Crippen LogP contribution in [0.3, 0.4) is 0 Å². The highest BCUT2D eigenvalue weighted by Crippen LogP contribution is 2.33. The van der Waals surface area contributed by atoms with Crippen molar-refractivity contribution in [1.29, 1.82) is 0 Å². The highest BCUT2D eigenvalue weighted by Gasteiger charge is 2.34. The van der Waals surface area contributed by atoms with Crippen molar-refractivity contribution in [2.45, 2.75) is 6.92 Å². The van der Waals surface area contributed by atoms with Gasteiger partial charge in [0.1, 0.15) is 11.5 Å². The van der Waals surface area contributed by atoms with E-state index in [0.717, 1.165) is 16.7 Å². The molecule has 0 unspecified atom stereocenters. The third kappa shape index (κ3) is 3.15. The average Bonchev–Trinajstić information content (AvgIpc) is 3.15. The maximum atomic E-state index is 12.2. The van der Waals surface area contributed by atoms with E-state index < -0.39 is 17.1 Å². The Morgan fingerprint density at radius 2 is 2.12 bits per heavy atom. The predicted octanol–water partition coefficient (Wildman–Crippen LogP) is 3.62. The van der Waals surface area contributed by atoms with E-state index >= 15 is 0 Å². The molecular weight excluding hydrogens is 354 g/mol. The van der Waals surface area contributed by atoms with Gasteiger partial charge in [-0.1, -0.05) is 18.1 Å². The molecule has 1 aromatic heterocycles. The Labute approximate surface area is 153 Å². The number of imide groups is 1. The Balaban J connectivity index is 1.92. The van der Waals surface area contributed by atoms with Crippen LogP contribution in [-0.4, -0.2) is 33.7 Å². The maximum Gasteiger partial charge on any atom is 0.335 e. The summed E-state index contributed by atoms with van der Waals surface area (Å²) in [6.07, 6.45) is 6.63. The van der Waals surface area contributed by atoms with E-state index in [1.165, 1.54) is 12.1 Å². The van der Waals surface area contributed by atoms with Crippen molar-refractivity contribution in [2.75, 3.05) is 6.54 Å². The Bertz CT molecular complexity index is 996. The molecule has 130 valence electrons. The number of aromatic carboxylic acids is 1. The molecule has 26 heavy (non-hydrogen) atoms. The predicted molar refractivity (Wildman–Crippen MR) is 97.4 cm³/mol. The summed E-state index contributed by atoms with van der Waals surface area (Å²) in [6.45, 7) is 1.62. The van der Waals surface area contributed by atoms with Gasteiger partial charge in [0.05, 0.1) is 17.0 Å². The van der Waals surface area contributed by atoms with Gasteiger partial charge in [0.2, 0.25) is 0 Å². The molecule has 0 saturated carbocycles. The molecule has 0 aliphatic carbocycles. The molecule has 0 radical (unpaired) electrons. The molecule has 0 atom stereocenters. The standard InChI is InChI=1S/C19H13NO5S/c1-3-9-20-17(21)16(26-19(20)24)10-12-7-8-15(25-12)13-5-4-6-14(11(13)2)18(22)23/h1,4-8,10H,9H2,2H3,(H,22,23). The topological polar surface area (TPSA) is 87.8 Å². The van der Waals surface area contributed by atoms with Gasteiger partial charge in [0.25, 0.3) is 11.1 Å². The fourth-order valence-corrected chi connectivity index (χ4v) is 3.38. The average molecular weight is 367 g/mol. The molecule has 0 bridgehead atoms. The summed E-state index contributed by atoms with van der Waals surface area (Å²) in [4.78, 5) is 36.4. The van der Waals surface area contributed by atoms with Crippen LogP contribution in [-0.2, 0) is 4.79 Å². The monoisotopic (exact) mass is 367 g/mol. The molecule has 1 saturated heterocycles. The Hall–Kier alpha value is -3.24. The molecule has 7 heteroatoms. The summed E-state index contributed by atoms with van der Waals surface area (Å²) < 4.78 is 5.72. The second-order valence-electron chi connectivity index (χ2n) is 5.46. The smallest absolute Gasteiger partial charge is 0.335 e. The van der Waals surface area contributed by atoms with Gasteiger partial charge in [0, 0.05) is 11.6 Å². The second kappa shape index (κ2) is 6.94. The van der Waals surface area contributed by atoms with Gasteiger partial charge in [-0.3, -0.25) is 14.5 Å². The van der Waals surface area contributed by atoms with Crippen LogP contribution in [0.1, 0.15) is 21.7 Å². The van der Waals surface area contributed by atoms with Crippen LogP contribution < -0.4 is 0 Å². The van der Waals surface area contributed by atoms with Crippen LogP contribution >= 0.6 is 11.8 Å². The third-order valence-corrected chi connectivity index (χ3v) is 4.76. The van der Waals surface area contributed by atoms with E-state index in [2.05, 4.69) is 5.92 Å². The van der Waals surface area contributed by atoms with Crippen molar-refractivity contribution < 1.29 is 23.9 Å². The zero-order chi connectivity index (χ0) is 18.8. The minimum Gasteiger partial charge on any atom is -0.478 e. The number of thioether (sulfide) groups is 1. The lowest BCUT2D eigenvalue weighted by atomic mass is 10.0. The number of terminal acetylenes is 1. The Kier molecular flexibility index (Phi) is 4.69. The van der Waals surface area contributed by atoms with E-state index in [-0.39, 0.29) is 17.0 Å². The van der Waals surface area contributed by atoms with Crippen molar-refractivity contribution in [3.8, 4) is 23.7 Å². The largest absolute Gasteiger partial charge is 0.478 e. The number of amides is 2. The number of carboxylic acid groups (broad SMARTS) is 1. The zero-order valence-electron chi connectivity index (χ0n) is 13.7. The molecular formula is C19H13NO5S. The molecule has 2 heterocycles. The molecule has 1 fully saturated rings. The summed E-state index contributed by atoms with van der Waals surface area (Å²) in [6, 6.07) is 8.25. The van der Waals surface area contributed by atoms with Gasteiger partial charge in [-0.25, -0.2) is 4.79 Å².